The number of pyridine rings is 1. The van der Waals surface area contributed by atoms with Gasteiger partial charge in [0.05, 0.1) is 0 Å². The van der Waals surface area contributed by atoms with Crippen LogP contribution in [0, 0.1) is 0 Å². The fourth-order valence-corrected chi connectivity index (χ4v) is 1.17. The van der Waals surface area contributed by atoms with Gasteiger partial charge in [-0.2, -0.15) is 13.2 Å². The molecule has 1 rings (SSSR count). The van der Waals surface area contributed by atoms with Crippen LogP contribution in [0.1, 0.15) is 18.5 Å². The summed E-state index contributed by atoms with van der Waals surface area (Å²) >= 11 is 0. The number of alkyl halides is 3. The van der Waals surface area contributed by atoms with Crippen LogP contribution in [0.2, 0.25) is 0 Å². The zero-order valence-corrected chi connectivity index (χ0v) is 8.92. The minimum absolute atomic E-state index is 0.129. The molecule has 0 saturated heterocycles. The highest BCUT2D eigenvalue weighted by Gasteiger charge is 2.32. The van der Waals surface area contributed by atoms with Crippen molar-refractivity contribution in [3.8, 4) is 0 Å². The molecule has 4 nitrogen and oxygen atoms in total. The third-order valence-electron chi connectivity index (χ3n) is 1.95. The summed E-state index contributed by atoms with van der Waals surface area (Å²) in [6.07, 6.45) is -3.82. The van der Waals surface area contributed by atoms with Crippen LogP contribution in [0.25, 0.3) is 0 Å². The Morgan fingerprint density at radius 1 is 1.41 bits per heavy atom. The first kappa shape index (κ1) is 13.3. The summed E-state index contributed by atoms with van der Waals surface area (Å²) in [7, 11) is 0. The Morgan fingerprint density at radius 2 is 2.12 bits per heavy atom. The number of nitrogens with one attached hydrogen (secondary N) is 1. The van der Waals surface area contributed by atoms with Gasteiger partial charge < -0.3 is 11.1 Å². The molecule has 0 aliphatic heterocycles. The van der Waals surface area contributed by atoms with Crippen LogP contribution in [-0.2, 0) is 11.0 Å². The van der Waals surface area contributed by atoms with Crippen molar-refractivity contribution in [1.82, 2.24) is 4.98 Å². The highest BCUT2D eigenvalue weighted by atomic mass is 19.4. The van der Waals surface area contributed by atoms with E-state index in [1.165, 1.54) is 12.1 Å². The van der Waals surface area contributed by atoms with E-state index in [0.717, 1.165) is 6.07 Å². The van der Waals surface area contributed by atoms with Crippen LogP contribution < -0.4 is 11.1 Å². The molecule has 0 aliphatic carbocycles. The summed E-state index contributed by atoms with van der Waals surface area (Å²) in [5.74, 6) is -0.312. The highest BCUT2D eigenvalue weighted by molar-refractivity contribution is 5.73. The summed E-state index contributed by atoms with van der Waals surface area (Å²) in [5, 5.41) is 2.69. The number of aromatic nitrogens is 1. The van der Waals surface area contributed by atoms with E-state index < -0.39 is 17.8 Å². The van der Waals surface area contributed by atoms with Gasteiger partial charge >= 0.3 is 6.18 Å². The molecule has 1 aromatic heterocycles. The van der Waals surface area contributed by atoms with Gasteiger partial charge in [0.2, 0.25) is 5.91 Å². The van der Waals surface area contributed by atoms with Gasteiger partial charge in [-0.1, -0.05) is 6.07 Å². The molecule has 0 aliphatic rings. The van der Waals surface area contributed by atoms with E-state index in [9.17, 15) is 18.0 Å². The second-order valence-electron chi connectivity index (χ2n) is 3.40. The molecule has 94 valence electrons. The second kappa shape index (κ2) is 5.51. The molecule has 17 heavy (non-hydrogen) atoms. The lowest BCUT2D eigenvalue weighted by Gasteiger charge is -2.08. The number of anilines is 1. The van der Waals surface area contributed by atoms with E-state index in [0.29, 0.717) is 13.0 Å². The molecule has 0 aromatic carbocycles. The molecular weight excluding hydrogens is 235 g/mol. The Hall–Kier alpha value is -1.79. The number of nitrogens with two attached hydrogens (primary N) is 1. The minimum atomic E-state index is -4.45. The topological polar surface area (TPSA) is 68.0 Å². The average molecular weight is 247 g/mol. The van der Waals surface area contributed by atoms with Gasteiger partial charge in [0.25, 0.3) is 0 Å². The van der Waals surface area contributed by atoms with Crippen molar-refractivity contribution in [1.29, 1.82) is 0 Å². The molecule has 0 atom stereocenters. The molecule has 0 unspecified atom stereocenters. The first-order chi connectivity index (χ1) is 7.89. The lowest BCUT2D eigenvalue weighted by atomic mass is 10.3. The Bertz CT molecular complexity index is 393. The lowest BCUT2D eigenvalue weighted by Crippen LogP contribution is -2.14. The summed E-state index contributed by atoms with van der Waals surface area (Å²) in [5.41, 5.74) is 3.98. The number of carbonyl (C=O) groups excluding carboxylic acids is 1. The molecule has 1 heterocycles. The summed E-state index contributed by atoms with van der Waals surface area (Å²) in [6.45, 7) is 0.344. The predicted octanol–water partition coefficient (Wildman–Crippen LogP) is 1.78. The lowest BCUT2D eigenvalue weighted by molar-refractivity contribution is -0.141. The molecule has 1 amide bonds. The van der Waals surface area contributed by atoms with Crippen LogP contribution in [0.5, 0.6) is 0 Å². The second-order valence-corrected chi connectivity index (χ2v) is 3.40. The Labute approximate surface area is 96.0 Å². The smallest absolute Gasteiger partial charge is 0.370 e. The minimum Gasteiger partial charge on any atom is -0.370 e. The maximum Gasteiger partial charge on any atom is 0.433 e. The predicted molar refractivity (Wildman–Crippen MR) is 56.2 cm³/mol. The van der Waals surface area contributed by atoms with Crippen molar-refractivity contribution in [2.24, 2.45) is 5.73 Å². The zero-order chi connectivity index (χ0) is 12.9. The van der Waals surface area contributed by atoms with Gasteiger partial charge in [0.1, 0.15) is 11.5 Å². The third kappa shape index (κ3) is 4.71. The normalized spacial score (nSPS) is 11.2. The van der Waals surface area contributed by atoms with Crippen molar-refractivity contribution in [3.63, 3.8) is 0 Å². The Balaban J connectivity index is 2.52. The van der Waals surface area contributed by atoms with Gasteiger partial charge in [-0.3, -0.25) is 4.79 Å². The van der Waals surface area contributed by atoms with Crippen LogP contribution in [-0.4, -0.2) is 17.4 Å². The summed E-state index contributed by atoms with van der Waals surface area (Å²) in [6, 6.07) is 3.60. The summed E-state index contributed by atoms with van der Waals surface area (Å²) < 4.78 is 36.9. The number of amides is 1. The molecular formula is C10H12F3N3O. The number of primary amides is 1. The zero-order valence-electron chi connectivity index (χ0n) is 8.92. The van der Waals surface area contributed by atoms with Gasteiger partial charge in [-0.25, -0.2) is 4.98 Å². The number of rotatable bonds is 5. The van der Waals surface area contributed by atoms with Crippen molar-refractivity contribution < 1.29 is 18.0 Å². The van der Waals surface area contributed by atoms with Crippen LogP contribution >= 0.6 is 0 Å². The van der Waals surface area contributed by atoms with Gasteiger partial charge in [-0.05, 0) is 18.6 Å². The monoisotopic (exact) mass is 247 g/mol. The molecule has 0 saturated carbocycles. The maximum atomic E-state index is 12.3. The van der Waals surface area contributed by atoms with Crippen LogP contribution in [0.15, 0.2) is 18.2 Å². The van der Waals surface area contributed by atoms with E-state index in [2.05, 4.69) is 10.3 Å². The number of halogens is 3. The average Bonchev–Trinajstić information content (AvgIpc) is 2.23. The van der Waals surface area contributed by atoms with Gasteiger partial charge in [0, 0.05) is 13.0 Å². The first-order valence-electron chi connectivity index (χ1n) is 4.96. The molecule has 0 radical (unpaired) electrons. The number of hydrogen-bond donors (Lipinski definition) is 2. The molecule has 0 bridgehead atoms. The van der Waals surface area contributed by atoms with E-state index in [-0.39, 0.29) is 12.2 Å². The summed E-state index contributed by atoms with van der Waals surface area (Å²) in [4.78, 5) is 13.8. The van der Waals surface area contributed by atoms with E-state index in [1.807, 2.05) is 0 Å². The molecule has 3 N–H and O–H groups in total. The number of hydrogen-bond acceptors (Lipinski definition) is 3. The fraction of sp³-hybridized carbons (Fsp3) is 0.400. The largest absolute Gasteiger partial charge is 0.433 e. The Kier molecular flexibility index (Phi) is 4.30. The van der Waals surface area contributed by atoms with E-state index >= 15 is 0 Å². The molecule has 0 spiro atoms. The van der Waals surface area contributed by atoms with Crippen molar-refractivity contribution in [2.75, 3.05) is 11.9 Å². The van der Waals surface area contributed by atoms with E-state index in [1.54, 1.807) is 0 Å². The molecule has 1 aromatic rings. The molecule has 0 fully saturated rings. The highest BCUT2D eigenvalue weighted by Crippen LogP contribution is 2.28. The first-order valence-corrected chi connectivity index (χ1v) is 4.96. The number of carbonyl (C=O) groups is 1. The van der Waals surface area contributed by atoms with Gasteiger partial charge in [0.15, 0.2) is 0 Å². The molecule has 7 heteroatoms. The standard InChI is InChI=1S/C10H12F3N3O/c11-10(12,13)7-3-1-5-9(16-7)15-6-2-4-8(14)17/h1,3,5H,2,4,6H2,(H2,14,17)(H,15,16). The van der Waals surface area contributed by atoms with Crippen molar-refractivity contribution >= 4 is 11.7 Å². The van der Waals surface area contributed by atoms with Crippen molar-refractivity contribution in [3.05, 3.63) is 23.9 Å². The van der Waals surface area contributed by atoms with Crippen LogP contribution in [0.3, 0.4) is 0 Å². The van der Waals surface area contributed by atoms with Crippen molar-refractivity contribution in [2.45, 2.75) is 19.0 Å². The quantitative estimate of drug-likeness (QED) is 0.779. The van der Waals surface area contributed by atoms with Crippen LogP contribution in [0.4, 0.5) is 19.0 Å². The van der Waals surface area contributed by atoms with Gasteiger partial charge in [-0.15, -0.1) is 0 Å². The maximum absolute atomic E-state index is 12.3. The SMILES string of the molecule is NC(=O)CCCNc1cccc(C(F)(F)F)n1. The number of nitrogens with zero attached hydrogens (tertiary/aromatic N) is 1. The van der Waals surface area contributed by atoms with E-state index in [4.69, 9.17) is 5.73 Å². The fourth-order valence-electron chi connectivity index (χ4n) is 1.17. The Morgan fingerprint density at radius 3 is 2.71 bits per heavy atom. The third-order valence-corrected chi connectivity index (χ3v) is 1.95.